The van der Waals surface area contributed by atoms with Crippen LogP contribution in [0.25, 0.3) is 0 Å². The molecule has 0 saturated carbocycles. The van der Waals surface area contributed by atoms with Crippen LogP contribution in [0.4, 0.5) is 0 Å². The average molecular weight is 300 g/mol. The van der Waals surface area contributed by atoms with E-state index in [1.165, 1.54) is 10.4 Å². The molecule has 1 N–H and O–H groups in total. The normalized spacial score (nSPS) is 12.7. The van der Waals surface area contributed by atoms with Crippen LogP contribution < -0.4 is 5.32 Å². The van der Waals surface area contributed by atoms with Gasteiger partial charge in [0.25, 0.3) is 0 Å². The lowest BCUT2D eigenvalue weighted by molar-refractivity contribution is 0.639. The molecule has 96 valence electrons. The van der Waals surface area contributed by atoms with Gasteiger partial charge in [-0.05, 0) is 42.8 Å². The third-order valence-electron chi connectivity index (χ3n) is 2.82. The van der Waals surface area contributed by atoms with Gasteiger partial charge in [-0.2, -0.15) is 0 Å². The van der Waals surface area contributed by atoms with Crippen molar-refractivity contribution in [1.29, 1.82) is 0 Å². The number of hydrogen-bond acceptors (Lipinski definition) is 2. The van der Waals surface area contributed by atoms with Gasteiger partial charge in [-0.3, -0.25) is 0 Å². The molecule has 1 aromatic heterocycles. The van der Waals surface area contributed by atoms with Crippen LogP contribution in [0.15, 0.2) is 30.3 Å². The monoisotopic (exact) mass is 299 g/mol. The van der Waals surface area contributed by atoms with Gasteiger partial charge < -0.3 is 5.32 Å². The van der Waals surface area contributed by atoms with Gasteiger partial charge in [0.2, 0.25) is 0 Å². The highest BCUT2D eigenvalue weighted by molar-refractivity contribution is 7.16. The van der Waals surface area contributed by atoms with Crippen molar-refractivity contribution < 1.29 is 0 Å². The number of benzene rings is 1. The van der Waals surface area contributed by atoms with Crippen LogP contribution in [0.5, 0.6) is 0 Å². The first-order valence-electron chi connectivity index (χ1n) is 5.86. The van der Waals surface area contributed by atoms with Crippen LogP contribution in [0, 0.1) is 6.92 Å². The van der Waals surface area contributed by atoms with Gasteiger partial charge in [-0.1, -0.05) is 42.3 Å². The number of halogens is 2. The molecule has 1 aromatic carbocycles. The molecule has 2 aromatic rings. The predicted molar refractivity (Wildman–Crippen MR) is 81.0 cm³/mol. The summed E-state index contributed by atoms with van der Waals surface area (Å²) >= 11 is 13.8. The van der Waals surface area contributed by atoms with E-state index in [-0.39, 0.29) is 6.04 Å². The molecule has 0 spiro atoms. The molecule has 0 aliphatic rings. The summed E-state index contributed by atoms with van der Waals surface area (Å²) in [5.74, 6) is 0. The van der Waals surface area contributed by atoms with E-state index in [4.69, 9.17) is 23.2 Å². The lowest BCUT2D eigenvalue weighted by Crippen LogP contribution is -2.21. The summed E-state index contributed by atoms with van der Waals surface area (Å²) in [5, 5.41) is 4.27. The number of nitrogens with one attached hydrogen (secondary N) is 1. The van der Waals surface area contributed by atoms with Crippen molar-refractivity contribution >= 4 is 34.5 Å². The minimum absolute atomic E-state index is 0.158. The fourth-order valence-corrected chi connectivity index (χ4v) is 3.21. The fraction of sp³-hybridized carbons (Fsp3) is 0.286. The van der Waals surface area contributed by atoms with Crippen molar-refractivity contribution in [2.45, 2.75) is 19.9 Å². The number of hydrogen-bond donors (Lipinski definition) is 1. The molecular weight excluding hydrogens is 285 g/mol. The quantitative estimate of drug-likeness (QED) is 0.832. The van der Waals surface area contributed by atoms with Gasteiger partial charge in [0, 0.05) is 9.90 Å². The van der Waals surface area contributed by atoms with Crippen LogP contribution in [0.1, 0.15) is 29.0 Å². The summed E-state index contributed by atoms with van der Waals surface area (Å²) in [6, 6.07) is 10.3. The minimum atomic E-state index is 0.158. The van der Waals surface area contributed by atoms with Crippen molar-refractivity contribution in [1.82, 2.24) is 5.32 Å². The summed E-state index contributed by atoms with van der Waals surface area (Å²) in [7, 11) is 0. The highest BCUT2D eigenvalue weighted by atomic mass is 35.5. The Hall–Kier alpha value is -0.540. The van der Waals surface area contributed by atoms with Crippen LogP contribution in [-0.2, 0) is 0 Å². The molecule has 18 heavy (non-hydrogen) atoms. The largest absolute Gasteiger partial charge is 0.306 e. The van der Waals surface area contributed by atoms with Gasteiger partial charge in [-0.15, -0.1) is 11.3 Å². The Labute approximate surface area is 122 Å². The van der Waals surface area contributed by atoms with E-state index in [2.05, 4.69) is 30.4 Å². The first-order chi connectivity index (χ1) is 8.61. The van der Waals surface area contributed by atoms with E-state index < -0.39 is 0 Å². The molecule has 0 bridgehead atoms. The Bertz CT molecular complexity index is 536. The number of thiophene rings is 1. The zero-order valence-electron chi connectivity index (χ0n) is 10.3. The summed E-state index contributed by atoms with van der Waals surface area (Å²) in [6.07, 6.45) is 0. The van der Waals surface area contributed by atoms with Crippen molar-refractivity contribution in [2.24, 2.45) is 0 Å². The van der Waals surface area contributed by atoms with Gasteiger partial charge in [0.05, 0.1) is 10.4 Å². The summed E-state index contributed by atoms with van der Waals surface area (Å²) < 4.78 is 0.811. The third kappa shape index (κ3) is 3.07. The van der Waals surface area contributed by atoms with E-state index in [0.717, 1.165) is 21.5 Å². The van der Waals surface area contributed by atoms with Gasteiger partial charge in [-0.25, -0.2) is 0 Å². The fourth-order valence-electron chi connectivity index (χ4n) is 1.86. The second-order valence-corrected chi connectivity index (χ2v) is 6.30. The van der Waals surface area contributed by atoms with E-state index in [1.807, 2.05) is 19.1 Å². The van der Waals surface area contributed by atoms with E-state index in [9.17, 15) is 0 Å². The third-order valence-corrected chi connectivity index (χ3v) is 4.52. The van der Waals surface area contributed by atoms with Crippen LogP contribution in [0.2, 0.25) is 9.36 Å². The molecule has 0 amide bonds. The van der Waals surface area contributed by atoms with Crippen molar-refractivity contribution in [2.75, 3.05) is 6.54 Å². The number of rotatable bonds is 4. The standard InChI is InChI=1S/C14H15Cl2NS/c1-3-17-14(12-6-7-13(16)18-12)10-5-4-9(2)11(15)8-10/h4-8,14,17H,3H2,1-2H3. The van der Waals surface area contributed by atoms with E-state index in [0.29, 0.717) is 0 Å². The van der Waals surface area contributed by atoms with Crippen molar-refractivity contribution in [3.05, 3.63) is 55.7 Å². The zero-order valence-corrected chi connectivity index (χ0v) is 12.7. The van der Waals surface area contributed by atoms with Crippen molar-refractivity contribution in [3.63, 3.8) is 0 Å². The Morgan fingerprint density at radius 3 is 2.56 bits per heavy atom. The highest BCUT2D eigenvalue weighted by Crippen LogP contribution is 2.32. The molecule has 0 fully saturated rings. The molecule has 1 atom stereocenters. The van der Waals surface area contributed by atoms with Gasteiger partial charge >= 0.3 is 0 Å². The second kappa shape index (κ2) is 6.07. The SMILES string of the molecule is CCNC(c1ccc(C)c(Cl)c1)c1ccc(Cl)s1. The van der Waals surface area contributed by atoms with Gasteiger partial charge in [0.1, 0.15) is 0 Å². The summed E-state index contributed by atoms with van der Waals surface area (Å²) in [5.41, 5.74) is 2.27. The molecule has 0 aliphatic heterocycles. The predicted octanol–water partition coefficient (Wildman–Crippen LogP) is 5.06. The first kappa shape index (κ1) is 13.9. The Kier molecular flexibility index (Phi) is 4.68. The Morgan fingerprint density at radius 2 is 2.00 bits per heavy atom. The van der Waals surface area contributed by atoms with Gasteiger partial charge in [0.15, 0.2) is 0 Å². The summed E-state index contributed by atoms with van der Waals surface area (Å²) in [6.45, 7) is 5.00. The van der Waals surface area contributed by atoms with Crippen LogP contribution >= 0.6 is 34.5 Å². The second-order valence-electron chi connectivity index (χ2n) is 4.14. The zero-order chi connectivity index (χ0) is 13.1. The Morgan fingerprint density at radius 1 is 1.22 bits per heavy atom. The Balaban J connectivity index is 2.37. The molecular formula is C14H15Cl2NS. The average Bonchev–Trinajstić information content (AvgIpc) is 2.76. The maximum Gasteiger partial charge on any atom is 0.0931 e. The molecule has 0 aliphatic carbocycles. The van der Waals surface area contributed by atoms with Crippen LogP contribution in [0.3, 0.4) is 0 Å². The van der Waals surface area contributed by atoms with E-state index in [1.54, 1.807) is 11.3 Å². The van der Waals surface area contributed by atoms with E-state index >= 15 is 0 Å². The molecule has 1 nitrogen and oxygen atoms in total. The van der Waals surface area contributed by atoms with Crippen LogP contribution in [-0.4, -0.2) is 6.54 Å². The molecule has 2 rings (SSSR count). The summed E-state index contributed by atoms with van der Waals surface area (Å²) in [4.78, 5) is 1.21. The lowest BCUT2D eigenvalue weighted by Gasteiger charge is -2.17. The molecule has 0 saturated heterocycles. The molecule has 1 heterocycles. The maximum atomic E-state index is 6.20. The topological polar surface area (TPSA) is 12.0 Å². The van der Waals surface area contributed by atoms with Crippen molar-refractivity contribution in [3.8, 4) is 0 Å². The number of aryl methyl sites for hydroxylation is 1. The molecule has 4 heteroatoms. The highest BCUT2D eigenvalue weighted by Gasteiger charge is 2.15. The lowest BCUT2D eigenvalue weighted by atomic mass is 10.0. The first-order valence-corrected chi connectivity index (χ1v) is 7.43. The smallest absolute Gasteiger partial charge is 0.0931 e. The maximum absolute atomic E-state index is 6.20. The molecule has 0 radical (unpaired) electrons. The molecule has 1 unspecified atom stereocenters. The minimum Gasteiger partial charge on any atom is -0.306 e.